The third-order valence-corrected chi connectivity index (χ3v) is 3.78. The summed E-state index contributed by atoms with van der Waals surface area (Å²) in [7, 11) is 0. The molecular weight excluding hydrogens is 345 g/mol. The van der Waals surface area contributed by atoms with E-state index >= 15 is 0 Å². The minimum atomic E-state index is -2.79. The van der Waals surface area contributed by atoms with Gasteiger partial charge in [-0.2, -0.15) is 0 Å². The largest absolute Gasteiger partial charge is 0.349 e. The lowest BCUT2D eigenvalue weighted by Crippen LogP contribution is -2.40. The number of rotatable bonds is 3. The van der Waals surface area contributed by atoms with Gasteiger partial charge in [0.05, 0.1) is 24.8 Å². The Morgan fingerprint density at radius 2 is 2.33 bits per heavy atom. The molecule has 10 heteroatoms. The van der Waals surface area contributed by atoms with Gasteiger partial charge in [-0.25, -0.2) is 13.8 Å². The monoisotopic (exact) mass is 358 g/mol. The maximum absolute atomic E-state index is 13.0. The molecule has 21 heavy (non-hydrogen) atoms. The van der Waals surface area contributed by atoms with E-state index in [2.05, 4.69) is 15.6 Å². The van der Waals surface area contributed by atoms with E-state index < -0.39 is 30.8 Å². The summed E-state index contributed by atoms with van der Waals surface area (Å²) < 4.78 is 27.8. The second-order valence-electron chi connectivity index (χ2n) is 4.54. The molecule has 0 aliphatic carbocycles. The SMILES string of the molecule is Cl.Cl.O=C(NCc1cn2ccsc2n1)C1CC(F)(F)CN1. The van der Waals surface area contributed by atoms with Crippen LogP contribution in [0.2, 0.25) is 0 Å². The maximum Gasteiger partial charge on any atom is 0.262 e. The van der Waals surface area contributed by atoms with E-state index in [1.54, 1.807) is 0 Å². The minimum absolute atomic E-state index is 0. The summed E-state index contributed by atoms with van der Waals surface area (Å²) in [4.78, 5) is 16.9. The molecule has 2 aromatic heterocycles. The average Bonchev–Trinajstić information content (AvgIpc) is 2.99. The van der Waals surface area contributed by atoms with Crippen LogP contribution in [0, 0.1) is 0 Å². The van der Waals surface area contributed by atoms with Crippen LogP contribution in [0.5, 0.6) is 0 Å². The molecule has 3 rings (SSSR count). The second-order valence-corrected chi connectivity index (χ2v) is 5.41. The highest BCUT2D eigenvalue weighted by atomic mass is 35.5. The molecule has 1 aliphatic heterocycles. The lowest BCUT2D eigenvalue weighted by Gasteiger charge is -2.10. The molecule has 118 valence electrons. The number of nitrogens with zero attached hydrogens (tertiary/aromatic N) is 2. The first kappa shape index (κ1) is 18.1. The molecule has 1 amide bonds. The Balaban J connectivity index is 0.00000110. The number of carbonyl (C=O) groups is 1. The first-order chi connectivity index (χ1) is 9.03. The van der Waals surface area contributed by atoms with Gasteiger partial charge in [-0.3, -0.25) is 14.5 Å². The number of imidazole rings is 1. The number of alkyl halides is 2. The molecule has 5 nitrogen and oxygen atoms in total. The van der Waals surface area contributed by atoms with E-state index in [9.17, 15) is 13.6 Å². The molecule has 1 saturated heterocycles. The van der Waals surface area contributed by atoms with Crippen LogP contribution in [0.3, 0.4) is 0 Å². The normalized spacial score (nSPS) is 19.8. The van der Waals surface area contributed by atoms with Gasteiger partial charge in [0.2, 0.25) is 5.91 Å². The van der Waals surface area contributed by atoms with Gasteiger partial charge in [0.1, 0.15) is 0 Å². The molecule has 0 aromatic carbocycles. The zero-order valence-corrected chi connectivity index (χ0v) is 13.2. The number of amides is 1. The zero-order chi connectivity index (χ0) is 13.5. The standard InChI is InChI=1S/C11H12F2N4OS.2ClH/c12-11(13)3-8(15-6-11)9(18)14-4-7-5-17-1-2-19-10(17)16-7;;/h1-2,5,8,15H,3-4,6H2,(H,14,18);2*1H. The number of nitrogens with one attached hydrogen (secondary N) is 2. The van der Waals surface area contributed by atoms with Crippen LogP contribution in [0.1, 0.15) is 12.1 Å². The van der Waals surface area contributed by atoms with Crippen molar-refractivity contribution < 1.29 is 13.6 Å². The van der Waals surface area contributed by atoms with Crippen molar-refractivity contribution in [2.75, 3.05) is 6.54 Å². The van der Waals surface area contributed by atoms with Crippen LogP contribution in [-0.2, 0) is 11.3 Å². The van der Waals surface area contributed by atoms with Crippen molar-refractivity contribution in [2.45, 2.75) is 24.9 Å². The van der Waals surface area contributed by atoms with Crippen LogP contribution in [0.4, 0.5) is 8.78 Å². The third-order valence-electron chi connectivity index (χ3n) is 3.01. The van der Waals surface area contributed by atoms with E-state index in [1.165, 1.54) is 11.3 Å². The predicted molar refractivity (Wildman–Crippen MR) is 80.8 cm³/mol. The van der Waals surface area contributed by atoms with Crippen molar-refractivity contribution in [3.8, 4) is 0 Å². The van der Waals surface area contributed by atoms with Crippen LogP contribution >= 0.6 is 36.2 Å². The summed E-state index contributed by atoms with van der Waals surface area (Å²) in [5.41, 5.74) is 0.713. The van der Waals surface area contributed by atoms with Crippen molar-refractivity contribution in [1.82, 2.24) is 20.0 Å². The lowest BCUT2D eigenvalue weighted by molar-refractivity contribution is -0.123. The van der Waals surface area contributed by atoms with Gasteiger partial charge in [-0.15, -0.1) is 36.2 Å². The summed E-state index contributed by atoms with van der Waals surface area (Å²) in [6.45, 7) is -0.192. The van der Waals surface area contributed by atoms with E-state index in [-0.39, 0.29) is 31.4 Å². The van der Waals surface area contributed by atoms with Crippen molar-refractivity contribution in [2.24, 2.45) is 0 Å². The Morgan fingerprint density at radius 1 is 1.57 bits per heavy atom. The summed E-state index contributed by atoms with van der Waals surface area (Å²) in [5, 5.41) is 7.05. The smallest absolute Gasteiger partial charge is 0.262 e. The van der Waals surface area contributed by atoms with E-state index in [0.29, 0.717) is 5.69 Å². The van der Waals surface area contributed by atoms with Crippen LogP contribution < -0.4 is 10.6 Å². The highest BCUT2D eigenvalue weighted by Crippen LogP contribution is 2.25. The Kier molecular flexibility index (Phi) is 5.92. The maximum atomic E-state index is 13.0. The Bertz CT molecular complexity index is 590. The fourth-order valence-corrected chi connectivity index (χ4v) is 2.78. The average molecular weight is 359 g/mol. The summed E-state index contributed by atoms with van der Waals surface area (Å²) >= 11 is 1.50. The van der Waals surface area contributed by atoms with Crippen LogP contribution in [-0.4, -0.2) is 33.8 Å². The number of halogens is 4. The van der Waals surface area contributed by atoms with E-state index in [4.69, 9.17) is 0 Å². The van der Waals surface area contributed by atoms with E-state index in [1.807, 2.05) is 22.2 Å². The molecule has 1 unspecified atom stereocenters. The highest BCUT2D eigenvalue weighted by Gasteiger charge is 2.42. The Hall–Kier alpha value is -0.960. The molecule has 2 aromatic rings. The Morgan fingerprint density at radius 3 is 2.95 bits per heavy atom. The van der Waals surface area contributed by atoms with Gasteiger partial charge >= 0.3 is 0 Å². The molecule has 1 atom stereocenters. The predicted octanol–water partition coefficient (Wildman–Crippen LogP) is 1.85. The number of hydrogen-bond acceptors (Lipinski definition) is 4. The number of carbonyl (C=O) groups excluding carboxylic acids is 1. The molecule has 0 bridgehead atoms. The van der Waals surface area contributed by atoms with Gasteiger partial charge in [0.25, 0.3) is 5.92 Å². The molecule has 3 heterocycles. The quantitative estimate of drug-likeness (QED) is 0.880. The van der Waals surface area contributed by atoms with Gasteiger partial charge in [-0.1, -0.05) is 0 Å². The zero-order valence-electron chi connectivity index (χ0n) is 10.7. The molecule has 0 saturated carbocycles. The van der Waals surface area contributed by atoms with Gasteiger partial charge in [-0.05, 0) is 0 Å². The first-order valence-electron chi connectivity index (χ1n) is 5.83. The van der Waals surface area contributed by atoms with E-state index in [0.717, 1.165) is 4.96 Å². The number of aromatic nitrogens is 2. The molecule has 2 N–H and O–H groups in total. The molecular formula is C11H14Cl2F2N4OS. The number of fused-ring (bicyclic) bond motifs is 1. The summed E-state index contributed by atoms with van der Waals surface area (Å²) in [6.07, 6.45) is 3.23. The lowest BCUT2D eigenvalue weighted by atomic mass is 10.2. The van der Waals surface area contributed by atoms with Gasteiger partial charge < -0.3 is 5.32 Å². The fourth-order valence-electron chi connectivity index (χ4n) is 2.06. The Labute approximate surface area is 135 Å². The van der Waals surface area contributed by atoms with Crippen LogP contribution in [0.15, 0.2) is 17.8 Å². The fraction of sp³-hybridized carbons (Fsp3) is 0.455. The minimum Gasteiger partial charge on any atom is -0.349 e. The van der Waals surface area contributed by atoms with Crippen molar-refractivity contribution >= 4 is 47.0 Å². The second kappa shape index (κ2) is 6.87. The van der Waals surface area contributed by atoms with Gasteiger partial charge in [0, 0.05) is 24.2 Å². The van der Waals surface area contributed by atoms with Gasteiger partial charge in [0.15, 0.2) is 4.96 Å². The molecule has 0 spiro atoms. The number of hydrogen-bond donors (Lipinski definition) is 2. The molecule has 1 aliphatic rings. The number of thiazole rings is 1. The molecule has 0 radical (unpaired) electrons. The molecule has 1 fully saturated rings. The van der Waals surface area contributed by atoms with Crippen molar-refractivity contribution in [3.05, 3.63) is 23.5 Å². The summed E-state index contributed by atoms with van der Waals surface area (Å²) in [6, 6.07) is -0.821. The summed E-state index contributed by atoms with van der Waals surface area (Å²) in [5.74, 6) is -3.20. The van der Waals surface area contributed by atoms with Crippen molar-refractivity contribution in [3.63, 3.8) is 0 Å². The topological polar surface area (TPSA) is 58.4 Å². The van der Waals surface area contributed by atoms with Crippen molar-refractivity contribution in [1.29, 1.82) is 0 Å². The third kappa shape index (κ3) is 4.03. The first-order valence-corrected chi connectivity index (χ1v) is 6.71. The van der Waals surface area contributed by atoms with Crippen LogP contribution in [0.25, 0.3) is 4.96 Å². The highest BCUT2D eigenvalue weighted by molar-refractivity contribution is 7.15.